The molecule has 3 saturated heterocycles. The Hall–Kier alpha value is -2.64. The zero-order valence-corrected chi connectivity index (χ0v) is 21.4. The van der Waals surface area contributed by atoms with Crippen LogP contribution in [0, 0.1) is 11.8 Å². The van der Waals surface area contributed by atoms with Gasteiger partial charge < -0.3 is 53.6 Å². The summed E-state index contributed by atoms with van der Waals surface area (Å²) in [5.74, 6) is 2.21. The maximum atomic E-state index is 10.3. The van der Waals surface area contributed by atoms with Crippen molar-refractivity contribution >= 4 is 0 Å². The van der Waals surface area contributed by atoms with Crippen molar-refractivity contribution in [1.29, 1.82) is 0 Å². The highest BCUT2D eigenvalue weighted by Crippen LogP contribution is 2.51. The van der Waals surface area contributed by atoms with Crippen LogP contribution >= 0.6 is 0 Å². The van der Waals surface area contributed by atoms with Crippen molar-refractivity contribution < 1.29 is 53.6 Å². The quantitative estimate of drug-likeness (QED) is 0.384. The molecular weight excluding hydrogens is 500 g/mol. The van der Waals surface area contributed by atoms with Crippen LogP contribution in [0.3, 0.4) is 0 Å². The molecule has 2 aromatic carbocycles. The minimum absolute atomic E-state index is 0.120. The molecule has 11 nitrogen and oxygen atoms in total. The van der Waals surface area contributed by atoms with E-state index in [9.17, 15) is 20.4 Å². The predicted octanol–water partition coefficient (Wildman–Crippen LogP) is 0.966. The molecule has 38 heavy (non-hydrogen) atoms. The summed E-state index contributed by atoms with van der Waals surface area (Å²) in [5, 5.41) is 39.8. The third-order valence-corrected chi connectivity index (χ3v) is 7.61. The number of aliphatic hydroxyl groups excluding tert-OH is 4. The van der Waals surface area contributed by atoms with E-state index in [0.717, 1.165) is 11.1 Å². The van der Waals surface area contributed by atoms with Gasteiger partial charge in [-0.2, -0.15) is 0 Å². The summed E-state index contributed by atoms with van der Waals surface area (Å²) in [6.07, 6.45) is -7.29. The van der Waals surface area contributed by atoms with Crippen LogP contribution < -0.4 is 18.9 Å². The fourth-order valence-electron chi connectivity index (χ4n) is 5.51. The van der Waals surface area contributed by atoms with Gasteiger partial charge in [-0.3, -0.25) is 0 Å². The maximum absolute atomic E-state index is 10.3. The van der Waals surface area contributed by atoms with Gasteiger partial charge in [0.25, 0.3) is 0 Å². The van der Waals surface area contributed by atoms with Crippen molar-refractivity contribution in [3.05, 3.63) is 47.5 Å². The Morgan fingerprint density at radius 3 is 1.76 bits per heavy atom. The molecule has 0 aliphatic carbocycles. The molecule has 9 atom stereocenters. The summed E-state index contributed by atoms with van der Waals surface area (Å²) in [5.41, 5.74) is 1.88. The van der Waals surface area contributed by atoms with E-state index in [4.69, 9.17) is 33.2 Å². The van der Waals surface area contributed by atoms with Gasteiger partial charge in [-0.15, -0.1) is 0 Å². The second-order valence-electron chi connectivity index (χ2n) is 9.68. The summed E-state index contributed by atoms with van der Waals surface area (Å²) < 4.78 is 40.1. The van der Waals surface area contributed by atoms with E-state index in [2.05, 4.69) is 0 Å². The largest absolute Gasteiger partial charge is 0.493 e. The third kappa shape index (κ3) is 4.79. The van der Waals surface area contributed by atoms with E-state index < -0.39 is 37.3 Å². The molecule has 0 radical (unpaired) electrons. The van der Waals surface area contributed by atoms with Gasteiger partial charge in [0.2, 0.25) is 6.29 Å². The predicted molar refractivity (Wildman–Crippen MR) is 131 cm³/mol. The van der Waals surface area contributed by atoms with Gasteiger partial charge in [-0.05, 0) is 35.4 Å². The van der Waals surface area contributed by atoms with Gasteiger partial charge in [0.1, 0.15) is 24.4 Å². The molecule has 208 valence electrons. The highest BCUT2D eigenvalue weighted by atomic mass is 16.7. The summed E-state index contributed by atoms with van der Waals surface area (Å²) in [7, 11) is 4.69. The second-order valence-corrected chi connectivity index (χ2v) is 9.68. The van der Waals surface area contributed by atoms with Gasteiger partial charge in [0, 0.05) is 11.8 Å². The normalized spacial score (nSPS) is 34.6. The van der Waals surface area contributed by atoms with Crippen molar-refractivity contribution in [3.8, 4) is 23.0 Å². The summed E-state index contributed by atoms with van der Waals surface area (Å²) in [6.45, 7) is 0.508. The molecule has 11 heteroatoms. The van der Waals surface area contributed by atoms with E-state index in [0.29, 0.717) is 30.5 Å². The molecule has 0 saturated carbocycles. The summed E-state index contributed by atoms with van der Waals surface area (Å²) in [6, 6.07) is 11.1. The molecule has 3 aliphatic heterocycles. The first-order valence-electron chi connectivity index (χ1n) is 12.5. The van der Waals surface area contributed by atoms with E-state index in [1.807, 2.05) is 24.3 Å². The fourth-order valence-corrected chi connectivity index (χ4v) is 5.51. The Labute approximate surface area is 220 Å². The van der Waals surface area contributed by atoms with Crippen LogP contribution in [0.5, 0.6) is 23.0 Å². The smallest absolute Gasteiger partial charge is 0.229 e. The van der Waals surface area contributed by atoms with Crippen molar-refractivity contribution in [1.82, 2.24) is 0 Å². The Balaban J connectivity index is 1.31. The Morgan fingerprint density at radius 2 is 1.24 bits per heavy atom. The fraction of sp³-hybridized carbons (Fsp3) is 0.556. The lowest BCUT2D eigenvalue weighted by atomic mass is 9.85. The second kappa shape index (κ2) is 11.2. The van der Waals surface area contributed by atoms with Gasteiger partial charge >= 0.3 is 0 Å². The highest BCUT2D eigenvalue weighted by molar-refractivity contribution is 5.45. The molecule has 2 aromatic rings. The maximum Gasteiger partial charge on any atom is 0.229 e. The zero-order valence-electron chi connectivity index (χ0n) is 21.4. The van der Waals surface area contributed by atoms with Gasteiger partial charge in [0.15, 0.2) is 23.0 Å². The highest BCUT2D eigenvalue weighted by Gasteiger charge is 2.49. The van der Waals surface area contributed by atoms with E-state index in [1.54, 1.807) is 26.4 Å². The Morgan fingerprint density at radius 1 is 0.711 bits per heavy atom. The van der Waals surface area contributed by atoms with Gasteiger partial charge in [-0.1, -0.05) is 12.1 Å². The summed E-state index contributed by atoms with van der Waals surface area (Å²) >= 11 is 0. The number of ether oxygens (including phenoxy) is 7. The van der Waals surface area contributed by atoms with Crippen LogP contribution in [-0.2, 0) is 14.2 Å². The number of rotatable bonds is 8. The van der Waals surface area contributed by atoms with Crippen molar-refractivity contribution in [2.75, 3.05) is 41.2 Å². The molecule has 0 bridgehead atoms. The van der Waals surface area contributed by atoms with E-state index in [1.165, 1.54) is 7.11 Å². The molecule has 0 spiro atoms. The number of methoxy groups -OCH3 is 3. The molecular formula is C27H34O11. The molecule has 0 amide bonds. The van der Waals surface area contributed by atoms with Crippen molar-refractivity contribution in [3.63, 3.8) is 0 Å². The molecule has 4 N–H and O–H groups in total. The van der Waals surface area contributed by atoms with Crippen LogP contribution in [0.1, 0.15) is 23.3 Å². The lowest BCUT2D eigenvalue weighted by Gasteiger charge is -2.39. The molecule has 3 fully saturated rings. The van der Waals surface area contributed by atoms with E-state index >= 15 is 0 Å². The molecule has 5 unspecified atom stereocenters. The lowest BCUT2D eigenvalue weighted by Crippen LogP contribution is -2.60. The van der Waals surface area contributed by atoms with E-state index in [-0.39, 0.29) is 29.8 Å². The minimum Gasteiger partial charge on any atom is -0.493 e. The first-order chi connectivity index (χ1) is 18.4. The standard InChI is InChI=1S/C27H34O11/c1-32-17-6-4-13(8-19(17)33-2)25-15-11-36-26(16(15)12-35-25)14-5-7-18(20(9-14)34-3)37-27-24(31)23(30)22(29)21(10-28)38-27/h4-9,15-16,21-31H,10-12H2,1-3H3/t15?,16?,21-,22?,23+,24?,25+,26?,27-/m1/s1. The lowest BCUT2D eigenvalue weighted by molar-refractivity contribution is -0.277. The van der Waals surface area contributed by atoms with Crippen molar-refractivity contribution in [2.24, 2.45) is 11.8 Å². The minimum atomic E-state index is -1.54. The number of benzene rings is 2. The van der Waals surface area contributed by atoms with Gasteiger partial charge in [0.05, 0.1) is 53.4 Å². The van der Waals surface area contributed by atoms with Crippen LogP contribution in [0.2, 0.25) is 0 Å². The number of hydrogen-bond donors (Lipinski definition) is 4. The first kappa shape index (κ1) is 26.9. The summed E-state index contributed by atoms with van der Waals surface area (Å²) in [4.78, 5) is 0. The Kier molecular flexibility index (Phi) is 7.96. The van der Waals surface area contributed by atoms with Crippen LogP contribution in [0.4, 0.5) is 0 Å². The van der Waals surface area contributed by atoms with Crippen molar-refractivity contribution in [2.45, 2.75) is 42.9 Å². The number of fused-ring (bicyclic) bond motifs is 1. The average molecular weight is 535 g/mol. The monoisotopic (exact) mass is 534 g/mol. The van der Waals surface area contributed by atoms with Crippen LogP contribution in [-0.4, -0.2) is 92.3 Å². The first-order valence-corrected chi connectivity index (χ1v) is 12.5. The average Bonchev–Trinajstić information content (AvgIpc) is 3.55. The SMILES string of the molecule is COc1ccc([C@@H]2OCC3C(c4ccc(O[C@@H]5O[C@H](CO)C(O)[C@H](O)C5O)c(OC)c4)OCC32)cc1OC. The third-order valence-electron chi connectivity index (χ3n) is 7.61. The zero-order chi connectivity index (χ0) is 27.0. The number of aliphatic hydroxyl groups is 4. The molecule has 3 aliphatic rings. The van der Waals surface area contributed by atoms with Crippen LogP contribution in [0.25, 0.3) is 0 Å². The van der Waals surface area contributed by atoms with Gasteiger partial charge in [-0.25, -0.2) is 0 Å². The topological polar surface area (TPSA) is 146 Å². The van der Waals surface area contributed by atoms with Crippen LogP contribution in [0.15, 0.2) is 36.4 Å². The molecule has 5 rings (SSSR count). The molecule has 3 heterocycles. The molecule has 0 aromatic heterocycles. The number of hydrogen-bond acceptors (Lipinski definition) is 11. The Bertz CT molecular complexity index is 1110.